The van der Waals surface area contributed by atoms with E-state index >= 15 is 0 Å². The number of benzene rings is 1. The summed E-state index contributed by atoms with van der Waals surface area (Å²) in [6, 6.07) is 6.76. The van der Waals surface area contributed by atoms with Gasteiger partial charge in [0.25, 0.3) is 0 Å². The molecule has 2 rings (SSSR count). The van der Waals surface area contributed by atoms with Crippen LogP contribution < -0.4 is 16.0 Å². The Hall–Kier alpha value is -2.63. The van der Waals surface area contributed by atoms with Crippen LogP contribution in [0.5, 0.6) is 0 Å². The van der Waals surface area contributed by atoms with E-state index in [2.05, 4.69) is 16.0 Å². The number of nitrogens with one attached hydrogen (secondary N) is 3. The van der Waals surface area contributed by atoms with Gasteiger partial charge in [-0.15, -0.1) is 0 Å². The van der Waals surface area contributed by atoms with Gasteiger partial charge in [-0.2, -0.15) is 0 Å². The van der Waals surface area contributed by atoms with Crippen molar-refractivity contribution in [3.63, 3.8) is 0 Å². The average molecular weight is 315 g/mol. The zero-order chi connectivity index (χ0) is 16.7. The van der Waals surface area contributed by atoms with E-state index in [1.165, 1.54) is 0 Å². The molecule has 1 aliphatic heterocycles. The first-order valence-corrected chi connectivity index (χ1v) is 7.69. The highest BCUT2D eigenvalue weighted by Gasteiger charge is 2.17. The summed E-state index contributed by atoms with van der Waals surface area (Å²) in [6.07, 6.45) is 5.72. The highest BCUT2D eigenvalue weighted by molar-refractivity contribution is 5.98. The van der Waals surface area contributed by atoms with Gasteiger partial charge in [0.2, 0.25) is 17.7 Å². The molecule has 122 valence electrons. The number of carbonyl (C=O) groups is 3. The number of hydrogen-bond donors (Lipinski definition) is 3. The van der Waals surface area contributed by atoms with E-state index in [1.807, 2.05) is 36.4 Å². The van der Waals surface area contributed by atoms with E-state index < -0.39 is 6.04 Å². The van der Waals surface area contributed by atoms with Crippen molar-refractivity contribution in [3.05, 3.63) is 35.9 Å². The van der Waals surface area contributed by atoms with Crippen LogP contribution in [0.4, 0.5) is 5.69 Å². The SMILES string of the molecule is C[C@H]1NC(=O)CNC(=O)CCC/C=C/c2ccccc2NC1=O. The van der Waals surface area contributed by atoms with Crippen molar-refractivity contribution in [1.29, 1.82) is 0 Å². The molecule has 1 aliphatic rings. The summed E-state index contributed by atoms with van der Waals surface area (Å²) in [5, 5.41) is 7.93. The Kier molecular flexibility index (Phi) is 5.91. The molecule has 0 aromatic heterocycles. The molecular formula is C17H21N3O3. The summed E-state index contributed by atoms with van der Waals surface area (Å²) in [5.41, 5.74) is 1.58. The van der Waals surface area contributed by atoms with Crippen LogP contribution in [-0.4, -0.2) is 30.3 Å². The first kappa shape index (κ1) is 16.7. The lowest BCUT2D eigenvalue weighted by atomic mass is 10.1. The summed E-state index contributed by atoms with van der Waals surface area (Å²) >= 11 is 0. The van der Waals surface area contributed by atoms with Crippen LogP contribution >= 0.6 is 0 Å². The summed E-state index contributed by atoms with van der Waals surface area (Å²) < 4.78 is 0. The largest absolute Gasteiger partial charge is 0.347 e. The molecule has 6 nitrogen and oxygen atoms in total. The first-order valence-electron chi connectivity index (χ1n) is 7.69. The van der Waals surface area contributed by atoms with Gasteiger partial charge in [-0.05, 0) is 31.4 Å². The van der Waals surface area contributed by atoms with Crippen LogP contribution in [0.15, 0.2) is 30.3 Å². The van der Waals surface area contributed by atoms with Gasteiger partial charge in [0.1, 0.15) is 6.04 Å². The molecule has 6 heteroatoms. The van der Waals surface area contributed by atoms with E-state index in [0.717, 1.165) is 12.0 Å². The van der Waals surface area contributed by atoms with Crippen molar-refractivity contribution < 1.29 is 14.4 Å². The molecule has 1 aromatic carbocycles. The Morgan fingerprint density at radius 1 is 1.09 bits per heavy atom. The third-order valence-electron chi connectivity index (χ3n) is 3.51. The number of amides is 3. The number of anilines is 1. The van der Waals surface area contributed by atoms with Crippen molar-refractivity contribution >= 4 is 29.5 Å². The molecule has 1 heterocycles. The standard InChI is InChI=1S/C17H21N3O3/c1-12-17(23)20-14-9-6-5-8-13(14)7-3-2-4-10-15(21)18-11-16(22)19-12/h3,5-9,12H,2,4,10-11H2,1H3,(H,18,21)(H,19,22)(H,20,23)/b7-3+/t12-/m1/s1. The molecule has 0 radical (unpaired) electrons. The van der Waals surface area contributed by atoms with Crippen molar-refractivity contribution in [2.45, 2.75) is 32.2 Å². The van der Waals surface area contributed by atoms with Gasteiger partial charge in [-0.1, -0.05) is 30.4 Å². The lowest BCUT2D eigenvalue weighted by Crippen LogP contribution is -2.45. The summed E-state index contributed by atoms with van der Waals surface area (Å²) in [6.45, 7) is 1.48. The third kappa shape index (κ3) is 5.25. The smallest absolute Gasteiger partial charge is 0.246 e. The van der Waals surface area contributed by atoms with E-state index in [9.17, 15) is 14.4 Å². The Labute approximate surface area is 135 Å². The molecule has 0 spiro atoms. The zero-order valence-corrected chi connectivity index (χ0v) is 13.1. The van der Waals surface area contributed by atoms with Crippen LogP contribution in [0, 0.1) is 0 Å². The fourth-order valence-electron chi connectivity index (χ4n) is 2.21. The monoisotopic (exact) mass is 315 g/mol. The van der Waals surface area contributed by atoms with Crippen molar-refractivity contribution in [3.8, 4) is 0 Å². The lowest BCUT2D eigenvalue weighted by molar-refractivity contribution is -0.128. The average Bonchev–Trinajstić information content (AvgIpc) is 2.53. The van der Waals surface area contributed by atoms with Crippen LogP contribution in [0.2, 0.25) is 0 Å². The third-order valence-corrected chi connectivity index (χ3v) is 3.51. The molecule has 3 amide bonds. The number of rotatable bonds is 0. The fraction of sp³-hybridized carbons (Fsp3) is 0.353. The number of para-hydroxylation sites is 1. The van der Waals surface area contributed by atoms with Crippen LogP contribution in [-0.2, 0) is 14.4 Å². The first-order chi connectivity index (χ1) is 11.1. The van der Waals surface area contributed by atoms with Crippen molar-refractivity contribution in [2.24, 2.45) is 0 Å². The maximum Gasteiger partial charge on any atom is 0.246 e. The van der Waals surface area contributed by atoms with Gasteiger partial charge in [-0.25, -0.2) is 0 Å². The Morgan fingerprint density at radius 3 is 2.70 bits per heavy atom. The van der Waals surface area contributed by atoms with Gasteiger partial charge in [-0.3, -0.25) is 14.4 Å². The topological polar surface area (TPSA) is 87.3 Å². The second-order valence-corrected chi connectivity index (χ2v) is 5.44. The Morgan fingerprint density at radius 2 is 1.87 bits per heavy atom. The predicted molar refractivity (Wildman–Crippen MR) is 88.6 cm³/mol. The van der Waals surface area contributed by atoms with Gasteiger partial charge < -0.3 is 16.0 Å². The quantitative estimate of drug-likeness (QED) is 0.677. The van der Waals surface area contributed by atoms with E-state index in [4.69, 9.17) is 0 Å². The molecule has 0 saturated carbocycles. The number of hydrogen-bond acceptors (Lipinski definition) is 3. The normalized spacial score (nSPS) is 21.8. The van der Waals surface area contributed by atoms with Gasteiger partial charge in [0.15, 0.2) is 0 Å². The number of fused-ring (bicyclic) bond motifs is 1. The minimum Gasteiger partial charge on any atom is -0.347 e. The zero-order valence-electron chi connectivity index (χ0n) is 13.1. The lowest BCUT2D eigenvalue weighted by Gasteiger charge is -2.15. The fourth-order valence-corrected chi connectivity index (χ4v) is 2.21. The molecule has 0 saturated heterocycles. The van der Waals surface area contributed by atoms with Gasteiger partial charge >= 0.3 is 0 Å². The van der Waals surface area contributed by atoms with Gasteiger partial charge in [0.05, 0.1) is 6.54 Å². The molecular weight excluding hydrogens is 294 g/mol. The van der Waals surface area contributed by atoms with Crippen LogP contribution in [0.3, 0.4) is 0 Å². The molecule has 3 N–H and O–H groups in total. The molecule has 1 atom stereocenters. The molecule has 0 fully saturated rings. The highest BCUT2D eigenvalue weighted by Crippen LogP contribution is 2.17. The Bertz CT molecular complexity index is 625. The van der Waals surface area contributed by atoms with Gasteiger partial charge in [0, 0.05) is 12.1 Å². The second-order valence-electron chi connectivity index (χ2n) is 5.44. The van der Waals surface area contributed by atoms with Crippen LogP contribution in [0.25, 0.3) is 6.08 Å². The maximum atomic E-state index is 12.2. The summed E-state index contributed by atoms with van der Waals surface area (Å²) in [5.74, 6) is -0.858. The van der Waals surface area contributed by atoms with Crippen molar-refractivity contribution in [2.75, 3.05) is 11.9 Å². The molecule has 23 heavy (non-hydrogen) atoms. The second kappa shape index (κ2) is 8.12. The maximum absolute atomic E-state index is 12.2. The number of carbonyl (C=O) groups excluding carboxylic acids is 3. The van der Waals surface area contributed by atoms with E-state index in [1.54, 1.807) is 6.92 Å². The van der Waals surface area contributed by atoms with E-state index in [-0.39, 0.29) is 24.3 Å². The molecule has 1 aromatic rings. The predicted octanol–water partition coefficient (Wildman–Crippen LogP) is 1.44. The Balaban J connectivity index is 2.18. The molecule has 0 unspecified atom stereocenters. The minimum atomic E-state index is -0.693. The van der Waals surface area contributed by atoms with E-state index in [0.29, 0.717) is 18.5 Å². The highest BCUT2D eigenvalue weighted by atomic mass is 16.2. The molecule has 0 aliphatic carbocycles. The van der Waals surface area contributed by atoms with Crippen molar-refractivity contribution in [1.82, 2.24) is 10.6 Å². The summed E-state index contributed by atoms with van der Waals surface area (Å²) in [7, 11) is 0. The molecule has 0 bridgehead atoms. The minimum absolute atomic E-state index is 0.122. The van der Waals surface area contributed by atoms with Crippen LogP contribution in [0.1, 0.15) is 31.7 Å². The summed E-state index contributed by atoms with van der Waals surface area (Å²) in [4.78, 5) is 35.6. The number of allylic oxidation sites excluding steroid dienone is 1.